The largest absolute Gasteiger partial charge is 0.367 e. The number of rotatable bonds is 7. The van der Waals surface area contributed by atoms with E-state index in [2.05, 4.69) is 31.1 Å². The van der Waals surface area contributed by atoms with Crippen LogP contribution in [0.3, 0.4) is 0 Å². The molecule has 1 aromatic carbocycles. The van der Waals surface area contributed by atoms with Crippen molar-refractivity contribution in [2.45, 2.75) is 19.3 Å². The second-order valence-corrected chi connectivity index (χ2v) is 7.42. The summed E-state index contributed by atoms with van der Waals surface area (Å²) in [6.07, 6.45) is 4.85. The molecule has 2 aromatic heterocycles. The Hall–Kier alpha value is -3.20. The minimum absolute atomic E-state index is 0.00920. The average molecular weight is 427 g/mol. The van der Waals surface area contributed by atoms with E-state index in [0.29, 0.717) is 35.4 Å². The van der Waals surface area contributed by atoms with Crippen LogP contribution in [-0.4, -0.2) is 62.2 Å². The Morgan fingerprint density at radius 3 is 2.60 bits per heavy atom. The summed E-state index contributed by atoms with van der Waals surface area (Å²) in [5, 5.41) is 18.5. The molecule has 3 heterocycles. The molecule has 1 saturated heterocycles. The summed E-state index contributed by atoms with van der Waals surface area (Å²) in [5.74, 6) is 1.07. The highest BCUT2D eigenvalue weighted by Gasteiger charge is 2.19. The van der Waals surface area contributed by atoms with E-state index in [1.165, 1.54) is 6.42 Å². The molecule has 0 atom stereocenters. The lowest BCUT2D eigenvalue weighted by molar-refractivity contribution is 0.0724. The molecule has 2 N–H and O–H groups in total. The average Bonchev–Trinajstić information content (AvgIpc) is 3.27. The Labute approximate surface area is 179 Å². The number of aromatic nitrogens is 5. The lowest BCUT2D eigenvalue weighted by Gasteiger charge is -2.26. The van der Waals surface area contributed by atoms with E-state index < -0.39 is 0 Å². The van der Waals surface area contributed by atoms with Crippen molar-refractivity contribution < 1.29 is 4.79 Å². The fourth-order valence-corrected chi connectivity index (χ4v) is 3.59. The van der Waals surface area contributed by atoms with Crippen molar-refractivity contribution in [1.29, 1.82) is 0 Å². The van der Waals surface area contributed by atoms with Gasteiger partial charge < -0.3 is 15.5 Å². The van der Waals surface area contributed by atoms with Gasteiger partial charge in [0.05, 0.1) is 16.3 Å². The number of piperidine rings is 1. The fourth-order valence-electron chi connectivity index (χ4n) is 3.36. The number of halogens is 1. The van der Waals surface area contributed by atoms with Crippen LogP contribution < -0.4 is 10.6 Å². The molecule has 0 aliphatic carbocycles. The number of nitrogens with zero attached hydrogens (tertiary/aromatic N) is 6. The minimum Gasteiger partial charge on any atom is -0.367 e. The van der Waals surface area contributed by atoms with E-state index in [1.807, 2.05) is 35.2 Å². The summed E-state index contributed by atoms with van der Waals surface area (Å²) in [6, 6.07) is 11.3. The molecule has 1 aliphatic rings. The van der Waals surface area contributed by atoms with Crippen LogP contribution in [0.15, 0.2) is 42.6 Å². The molecule has 4 rings (SSSR count). The van der Waals surface area contributed by atoms with E-state index >= 15 is 0 Å². The molecular weight excluding hydrogens is 404 g/mol. The van der Waals surface area contributed by atoms with Gasteiger partial charge in [-0.2, -0.15) is 4.68 Å². The Morgan fingerprint density at radius 1 is 1.07 bits per heavy atom. The number of likely N-dealkylation sites (tertiary alicyclic amines) is 1. The van der Waals surface area contributed by atoms with E-state index in [4.69, 9.17) is 11.6 Å². The summed E-state index contributed by atoms with van der Waals surface area (Å²) in [5.41, 5.74) is 1.39. The van der Waals surface area contributed by atoms with Gasteiger partial charge in [0.25, 0.3) is 5.91 Å². The number of amides is 1. The molecule has 0 saturated carbocycles. The number of benzene rings is 1. The monoisotopic (exact) mass is 426 g/mol. The second-order valence-electron chi connectivity index (χ2n) is 7.01. The summed E-state index contributed by atoms with van der Waals surface area (Å²) in [7, 11) is 0. The summed E-state index contributed by atoms with van der Waals surface area (Å²) in [6.45, 7) is 2.70. The topological polar surface area (TPSA) is 101 Å². The standard InChI is InChI=1S/C20H23ClN8O/c21-17-13-15(19(30)28-11-5-2-6-12-28)14-24-18(17)22-9-10-23-20-25-26-27-29(20)16-7-3-1-4-8-16/h1,3-4,7-8,13-14H,2,5-6,9-12H2,(H,22,24)(H,23,25,27). The van der Waals surface area contributed by atoms with E-state index in [0.717, 1.165) is 31.6 Å². The fraction of sp³-hybridized carbons (Fsp3) is 0.350. The van der Waals surface area contributed by atoms with Crippen molar-refractivity contribution in [3.63, 3.8) is 0 Å². The molecule has 0 radical (unpaired) electrons. The van der Waals surface area contributed by atoms with Gasteiger partial charge >= 0.3 is 0 Å². The van der Waals surface area contributed by atoms with Gasteiger partial charge in [0.15, 0.2) is 0 Å². The molecular formula is C20H23ClN8O. The predicted molar refractivity (Wildman–Crippen MR) is 115 cm³/mol. The van der Waals surface area contributed by atoms with Gasteiger partial charge in [0.1, 0.15) is 5.82 Å². The smallest absolute Gasteiger partial charge is 0.255 e. The number of hydrogen-bond donors (Lipinski definition) is 2. The number of para-hydroxylation sites is 1. The van der Waals surface area contributed by atoms with Crippen LogP contribution in [0.2, 0.25) is 5.02 Å². The maximum atomic E-state index is 12.6. The first-order valence-electron chi connectivity index (χ1n) is 9.99. The quantitative estimate of drug-likeness (QED) is 0.560. The first-order chi connectivity index (χ1) is 14.7. The van der Waals surface area contributed by atoms with E-state index in [1.54, 1.807) is 16.9 Å². The van der Waals surface area contributed by atoms with Crippen molar-refractivity contribution in [2.24, 2.45) is 0 Å². The molecule has 1 aliphatic heterocycles. The number of carbonyl (C=O) groups is 1. The highest BCUT2D eigenvalue weighted by atomic mass is 35.5. The Bertz CT molecular complexity index is 987. The van der Waals surface area contributed by atoms with Crippen molar-refractivity contribution in [1.82, 2.24) is 30.1 Å². The predicted octanol–water partition coefficient (Wildman–Crippen LogP) is 2.86. The van der Waals surface area contributed by atoms with Gasteiger partial charge in [-0.3, -0.25) is 4.79 Å². The van der Waals surface area contributed by atoms with Crippen molar-refractivity contribution in [2.75, 3.05) is 36.8 Å². The van der Waals surface area contributed by atoms with Gasteiger partial charge in [-0.1, -0.05) is 34.9 Å². The van der Waals surface area contributed by atoms with E-state index in [9.17, 15) is 4.79 Å². The van der Waals surface area contributed by atoms with Crippen LogP contribution in [0.25, 0.3) is 5.69 Å². The van der Waals surface area contributed by atoms with Crippen LogP contribution in [0.5, 0.6) is 0 Å². The van der Waals surface area contributed by atoms with Crippen molar-refractivity contribution in [3.8, 4) is 5.69 Å². The van der Waals surface area contributed by atoms with Crippen LogP contribution >= 0.6 is 11.6 Å². The Morgan fingerprint density at radius 2 is 1.83 bits per heavy atom. The van der Waals surface area contributed by atoms with Gasteiger partial charge in [-0.05, 0) is 47.9 Å². The summed E-state index contributed by atoms with van der Waals surface area (Å²) < 4.78 is 1.63. The van der Waals surface area contributed by atoms with Crippen molar-refractivity contribution in [3.05, 3.63) is 53.2 Å². The number of nitrogens with one attached hydrogen (secondary N) is 2. The third kappa shape index (κ3) is 4.68. The highest BCUT2D eigenvalue weighted by molar-refractivity contribution is 6.33. The maximum Gasteiger partial charge on any atom is 0.255 e. The Balaban J connectivity index is 1.31. The van der Waals surface area contributed by atoms with Crippen LogP contribution in [0.1, 0.15) is 29.6 Å². The molecule has 156 valence electrons. The number of anilines is 2. The molecule has 30 heavy (non-hydrogen) atoms. The van der Waals surface area contributed by atoms with Crippen LogP contribution in [0.4, 0.5) is 11.8 Å². The molecule has 1 fully saturated rings. The summed E-state index contributed by atoms with van der Waals surface area (Å²) >= 11 is 6.34. The molecule has 1 amide bonds. The normalized spacial score (nSPS) is 13.8. The Kier molecular flexibility index (Phi) is 6.38. The first kappa shape index (κ1) is 20.1. The zero-order chi connectivity index (χ0) is 20.8. The van der Waals surface area contributed by atoms with Crippen molar-refractivity contribution >= 4 is 29.3 Å². The van der Waals surface area contributed by atoms with Crippen LogP contribution in [0, 0.1) is 0 Å². The third-order valence-corrected chi connectivity index (χ3v) is 5.19. The molecule has 0 unspecified atom stereocenters. The van der Waals surface area contributed by atoms with E-state index in [-0.39, 0.29) is 5.91 Å². The number of carbonyl (C=O) groups excluding carboxylic acids is 1. The molecule has 3 aromatic rings. The number of hydrogen-bond acceptors (Lipinski definition) is 7. The van der Waals surface area contributed by atoms with Gasteiger partial charge in [0.2, 0.25) is 5.95 Å². The molecule has 10 heteroatoms. The van der Waals surface area contributed by atoms with Gasteiger partial charge in [-0.25, -0.2) is 4.98 Å². The third-order valence-electron chi connectivity index (χ3n) is 4.90. The zero-order valence-electron chi connectivity index (χ0n) is 16.5. The van der Waals surface area contributed by atoms with Gasteiger partial charge in [-0.15, -0.1) is 0 Å². The second kappa shape index (κ2) is 9.53. The number of tetrazole rings is 1. The highest BCUT2D eigenvalue weighted by Crippen LogP contribution is 2.22. The maximum absolute atomic E-state index is 12.6. The van der Waals surface area contributed by atoms with Crippen LogP contribution in [-0.2, 0) is 0 Å². The molecule has 9 nitrogen and oxygen atoms in total. The lowest BCUT2D eigenvalue weighted by atomic mass is 10.1. The first-order valence-corrected chi connectivity index (χ1v) is 10.4. The van der Waals surface area contributed by atoms with Gasteiger partial charge in [0, 0.05) is 32.4 Å². The zero-order valence-corrected chi connectivity index (χ0v) is 17.2. The SMILES string of the molecule is O=C(c1cnc(NCCNc2nnnn2-c2ccccc2)c(Cl)c1)N1CCCCC1. The molecule has 0 bridgehead atoms. The minimum atomic E-state index is -0.00920. The number of pyridine rings is 1. The molecule has 0 spiro atoms. The lowest BCUT2D eigenvalue weighted by Crippen LogP contribution is -2.35. The summed E-state index contributed by atoms with van der Waals surface area (Å²) in [4.78, 5) is 18.8.